The first kappa shape index (κ1) is 18.9. The maximum absolute atomic E-state index is 11.9. The van der Waals surface area contributed by atoms with Crippen LogP contribution in [0, 0.1) is 0 Å². The summed E-state index contributed by atoms with van der Waals surface area (Å²) in [5.74, 6) is -0.865. The number of hydrogen-bond donors (Lipinski definition) is 3. The zero-order valence-electron chi connectivity index (χ0n) is 14.3. The summed E-state index contributed by atoms with van der Waals surface area (Å²) in [5.41, 5.74) is 5.75. The highest BCUT2D eigenvalue weighted by atomic mass is 16.5. The summed E-state index contributed by atoms with van der Waals surface area (Å²) >= 11 is 0. The number of amides is 2. The number of hydrogen-bond acceptors (Lipinski definition) is 5. The van der Waals surface area contributed by atoms with E-state index in [0.717, 1.165) is 23.6 Å². The minimum atomic E-state index is -1.41. The van der Waals surface area contributed by atoms with Crippen molar-refractivity contribution >= 4 is 22.6 Å². The predicted molar refractivity (Wildman–Crippen MR) is 96.1 cm³/mol. The number of carbonyl (C=O) groups excluding carboxylic acids is 2. The minimum absolute atomic E-state index is 0.323. The third-order valence-electron chi connectivity index (χ3n) is 3.94. The van der Waals surface area contributed by atoms with E-state index in [2.05, 4.69) is 5.32 Å². The summed E-state index contributed by atoms with van der Waals surface area (Å²) < 4.78 is 5.51. The van der Waals surface area contributed by atoms with E-state index in [4.69, 9.17) is 10.5 Å². The molecule has 0 bridgehead atoms. The van der Waals surface area contributed by atoms with Crippen molar-refractivity contribution in [2.75, 3.05) is 6.61 Å². The van der Waals surface area contributed by atoms with Crippen LogP contribution in [0.2, 0.25) is 0 Å². The lowest BCUT2D eigenvalue weighted by Gasteiger charge is -2.17. The van der Waals surface area contributed by atoms with Crippen LogP contribution in [0.3, 0.4) is 0 Å². The van der Waals surface area contributed by atoms with Gasteiger partial charge in [0.05, 0.1) is 0 Å². The lowest BCUT2D eigenvalue weighted by Crippen LogP contribution is -2.49. The van der Waals surface area contributed by atoms with E-state index >= 15 is 0 Å². The van der Waals surface area contributed by atoms with E-state index in [1.165, 1.54) is 0 Å². The molecule has 2 aromatic carbocycles. The van der Waals surface area contributed by atoms with Gasteiger partial charge in [-0.15, -0.1) is 0 Å². The molecule has 0 saturated heterocycles. The normalized spacial score (nSPS) is 13.2. The molecule has 6 heteroatoms. The summed E-state index contributed by atoms with van der Waals surface area (Å²) in [7, 11) is 0. The second kappa shape index (κ2) is 9.15. The molecule has 2 aromatic rings. The van der Waals surface area contributed by atoms with Gasteiger partial charge in [0.2, 0.25) is 0 Å². The average Bonchev–Trinajstić information content (AvgIpc) is 2.63. The Morgan fingerprint density at radius 2 is 1.92 bits per heavy atom. The number of aliphatic hydroxyl groups is 1. The van der Waals surface area contributed by atoms with E-state index < -0.39 is 24.0 Å². The van der Waals surface area contributed by atoms with Crippen LogP contribution in [0.1, 0.15) is 26.2 Å². The van der Waals surface area contributed by atoms with Gasteiger partial charge in [-0.3, -0.25) is 14.9 Å². The van der Waals surface area contributed by atoms with E-state index in [0.29, 0.717) is 12.2 Å². The Balaban J connectivity index is 1.88. The van der Waals surface area contributed by atoms with Crippen molar-refractivity contribution in [3.63, 3.8) is 0 Å². The summed E-state index contributed by atoms with van der Waals surface area (Å²) in [6.07, 6.45) is 0.836. The third kappa shape index (κ3) is 5.27. The standard InChI is InChI=1S/C19H24N2O4/c1-2-3-10-15(20)18(23)19(24)21-17(22)12-25-16-11-6-8-13-7-4-5-9-14(13)16/h4-9,11,15,18,23H,2-3,10,12,20H2,1H3,(H,21,22,24). The first-order valence-corrected chi connectivity index (χ1v) is 8.40. The smallest absolute Gasteiger partial charge is 0.264 e. The van der Waals surface area contributed by atoms with Gasteiger partial charge in [0.1, 0.15) is 11.9 Å². The summed E-state index contributed by atoms with van der Waals surface area (Å²) in [5, 5.41) is 13.9. The van der Waals surface area contributed by atoms with Gasteiger partial charge in [-0.25, -0.2) is 0 Å². The molecule has 0 spiro atoms. The van der Waals surface area contributed by atoms with Gasteiger partial charge in [0.15, 0.2) is 6.61 Å². The van der Waals surface area contributed by atoms with Crippen molar-refractivity contribution < 1.29 is 19.4 Å². The molecule has 25 heavy (non-hydrogen) atoms. The van der Waals surface area contributed by atoms with Crippen molar-refractivity contribution in [1.82, 2.24) is 5.32 Å². The van der Waals surface area contributed by atoms with Crippen molar-refractivity contribution in [2.45, 2.75) is 38.3 Å². The maximum Gasteiger partial charge on any atom is 0.264 e. The molecular formula is C19H24N2O4. The zero-order chi connectivity index (χ0) is 18.2. The van der Waals surface area contributed by atoms with Crippen molar-refractivity contribution in [2.24, 2.45) is 5.73 Å². The van der Waals surface area contributed by atoms with Gasteiger partial charge in [0, 0.05) is 11.4 Å². The van der Waals surface area contributed by atoms with Gasteiger partial charge >= 0.3 is 0 Å². The molecule has 0 radical (unpaired) electrons. The van der Waals surface area contributed by atoms with Crippen LogP contribution >= 0.6 is 0 Å². The fourth-order valence-electron chi connectivity index (χ4n) is 2.50. The van der Waals surface area contributed by atoms with Crippen LogP contribution in [-0.4, -0.2) is 35.7 Å². The number of aliphatic hydroxyl groups excluding tert-OH is 1. The molecule has 2 amide bonds. The number of ether oxygens (including phenoxy) is 1. The molecule has 4 N–H and O–H groups in total. The fraction of sp³-hybridized carbons (Fsp3) is 0.368. The Morgan fingerprint density at radius 3 is 2.68 bits per heavy atom. The molecule has 2 atom stereocenters. The van der Waals surface area contributed by atoms with Crippen molar-refractivity contribution in [3.05, 3.63) is 42.5 Å². The van der Waals surface area contributed by atoms with Gasteiger partial charge in [-0.1, -0.05) is 56.2 Å². The highest BCUT2D eigenvalue weighted by molar-refractivity contribution is 5.98. The first-order valence-electron chi connectivity index (χ1n) is 8.40. The number of benzene rings is 2. The average molecular weight is 344 g/mol. The van der Waals surface area contributed by atoms with Crippen molar-refractivity contribution in [3.8, 4) is 5.75 Å². The Morgan fingerprint density at radius 1 is 1.20 bits per heavy atom. The van der Waals surface area contributed by atoms with E-state index in [-0.39, 0.29) is 6.61 Å². The lowest BCUT2D eigenvalue weighted by molar-refractivity contribution is -0.137. The third-order valence-corrected chi connectivity index (χ3v) is 3.94. The van der Waals surface area contributed by atoms with Crippen LogP contribution in [0.5, 0.6) is 5.75 Å². The number of nitrogens with two attached hydrogens (primary N) is 1. The van der Waals surface area contributed by atoms with Gasteiger partial charge in [-0.2, -0.15) is 0 Å². The molecular weight excluding hydrogens is 320 g/mol. The highest BCUT2D eigenvalue weighted by Gasteiger charge is 2.24. The predicted octanol–water partition coefficient (Wildman–Crippen LogP) is 1.74. The molecule has 0 fully saturated rings. The fourth-order valence-corrected chi connectivity index (χ4v) is 2.50. The maximum atomic E-state index is 11.9. The molecule has 134 valence electrons. The minimum Gasteiger partial charge on any atom is -0.483 e. The van der Waals surface area contributed by atoms with Crippen LogP contribution in [0.15, 0.2) is 42.5 Å². The van der Waals surface area contributed by atoms with E-state index in [1.54, 1.807) is 6.07 Å². The van der Waals surface area contributed by atoms with Crippen LogP contribution in [-0.2, 0) is 9.59 Å². The Bertz CT molecular complexity index is 727. The Hall–Kier alpha value is -2.44. The Labute approximate surface area is 147 Å². The molecule has 0 aliphatic heterocycles. The van der Waals surface area contributed by atoms with Crippen LogP contribution in [0.4, 0.5) is 0 Å². The molecule has 2 rings (SSSR count). The Kier molecular flexibility index (Phi) is 6.91. The topological polar surface area (TPSA) is 102 Å². The molecule has 0 aromatic heterocycles. The van der Waals surface area contributed by atoms with Gasteiger partial charge < -0.3 is 15.6 Å². The first-order chi connectivity index (χ1) is 12.0. The monoisotopic (exact) mass is 344 g/mol. The van der Waals surface area contributed by atoms with Crippen LogP contribution < -0.4 is 15.8 Å². The number of carbonyl (C=O) groups is 2. The summed E-state index contributed by atoms with van der Waals surface area (Å²) in [6, 6.07) is 12.5. The lowest BCUT2D eigenvalue weighted by atomic mass is 10.0. The summed E-state index contributed by atoms with van der Waals surface area (Å²) in [6.45, 7) is 1.67. The molecule has 6 nitrogen and oxygen atoms in total. The van der Waals surface area contributed by atoms with E-state index in [9.17, 15) is 14.7 Å². The zero-order valence-corrected chi connectivity index (χ0v) is 14.3. The quantitative estimate of drug-likeness (QED) is 0.677. The van der Waals surface area contributed by atoms with Gasteiger partial charge in [0.25, 0.3) is 11.8 Å². The second-order valence-electron chi connectivity index (χ2n) is 5.93. The SMILES string of the molecule is CCCCC(N)C(O)C(=O)NC(=O)COc1cccc2ccccc12. The molecule has 2 unspecified atom stereocenters. The second-order valence-corrected chi connectivity index (χ2v) is 5.93. The number of fused-ring (bicyclic) bond motifs is 1. The molecule has 0 saturated carbocycles. The van der Waals surface area contributed by atoms with E-state index in [1.807, 2.05) is 43.3 Å². The number of imide groups is 1. The van der Waals surface area contributed by atoms with Crippen molar-refractivity contribution in [1.29, 1.82) is 0 Å². The number of unbranched alkanes of at least 4 members (excludes halogenated alkanes) is 1. The number of rotatable bonds is 8. The summed E-state index contributed by atoms with van der Waals surface area (Å²) in [4.78, 5) is 23.8. The highest BCUT2D eigenvalue weighted by Crippen LogP contribution is 2.24. The molecule has 0 aliphatic rings. The van der Waals surface area contributed by atoms with Crippen LogP contribution in [0.25, 0.3) is 10.8 Å². The van der Waals surface area contributed by atoms with Gasteiger partial charge in [-0.05, 0) is 17.9 Å². The molecule has 0 aliphatic carbocycles. The largest absolute Gasteiger partial charge is 0.483 e. The number of nitrogens with one attached hydrogen (secondary N) is 1. The molecule has 0 heterocycles.